The van der Waals surface area contributed by atoms with Crippen LogP contribution in [0.1, 0.15) is 24.1 Å². The number of nitrogens with two attached hydrogens (primary N) is 1. The molecule has 2 rings (SSSR count). The van der Waals surface area contributed by atoms with Gasteiger partial charge in [-0.05, 0) is 48.4 Å². The van der Waals surface area contributed by atoms with Gasteiger partial charge in [-0.25, -0.2) is 4.39 Å². The molecule has 19 heavy (non-hydrogen) atoms. The maximum atomic E-state index is 13.2. The maximum absolute atomic E-state index is 13.2. The van der Waals surface area contributed by atoms with Gasteiger partial charge in [0.15, 0.2) is 0 Å². The van der Waals surface area contributed by atoms with Crippen LogP contribution in [0.2, 0.25) is 0 Å². The predicted molar refractivity (Wildman–Crippen MR) is 77.5 cm³/mol. The first-order chi connectivity index (χ1) is 9.04. The largest absolute Gasteiger partial charge is 0.489 e. The zero-order chi connectivity index (χ0) is 13.8. The molecule has 0 radical (unpaired) electrons. The lowest BCUT2D eigenvalue weighted by Gasteiger charge is -2.09. The highest BCUT2D eigenvalue weighted by atomic mass is 79.9. The van der Waals surface area contributed by atoms with Gasteiger partial charge in [0.25, 0.3) is 0 Å². The Morgan fingerprint density at radius 1 is 1.21 bits per heavy atom. The molecule has 2 aromatic rings. The minimum Gasteiger partial charge on any atom is -0.489 e. The minimum atomic E-state index is -0.278. The normalized spacial score (nSPS) is 12.2. The Morgan fingerprint density at radius 2 is 1.89 bits per heavy atom. The smallest absolute Gasteiger partial charge is 0.124 e. The molecule has 0 heterocycles. The van der Waals surface area contributed by atoms with Crippen molar-refractivity contribution in [3.05, 3.63) is 63.9 Å². The van der Waals surface area contributed by atoms with Crippen molar-refractivity contribution in [1.29, 1.82) is 0 Å². The van der Waals surface area contributed by atoms with Gasteiger partial charge in [0.1, 0.15) is 18.2 Å². The van der Waals surface area contributed by atoms with E-state index in [0.29, 0.717) is 11.1 Å². The first-order valence-corrected chi connectivity index (χ1v) is 6.77. The molecule has 2 aromatic carbocycles. The summed E-state index contributed by atoms with van der Waals surface area (Å²) in [5.41, 5.74) is 7.61. The van der Waals surface area contributed by atoms with Gasteiger partial charge in [0, 0.05) is 10.5 Å². The van der Waals surface area contributed by atoms with Crippen molar-refractivity contribution in [3.8, 4) is 5.75 Å². The monoisotopic (exact) mass is 323 g/mol. The first kappa shape index (κ1) is 14.0. The molecule has 0 saturated heterocycles. The number of hydrogen-bond acceptors (Lipinski definition) is 2. The van der Waals surface area contributed by atoms with Crippen LogP contribution in [0.15, 0.2) is 46.9 Å². The summed E-state index contributed by atoms with van der Waals surface area (Å²) in [4.78, 5) is 0. The van der Waals surface area contributed by atoms with Gasteiger partial charge in [-0.3, -0.25) is 0 Å². The first-order valence-electron chi connectivity index (χ1n) is 5.98. The molecule has 1 atom stereocenters. The summed E-state index contributed by atoms with van der Waals surface area (Å²) in [5, 5.41) is 0. The van der Waals surface area contributed by atoms with Gasteiger partial charge in [-0.2, -0.15) is 0 Å². The lowest BCUT2D eigenvalue weighted by atomic mass is 10.1. The Morgan fingerprint density at radius 3 is 2.47 bits per heavy atom. The van der Waals surface area contributed by atoms with Gasteiger partial charge in [-0.1, -0.05) is 28.1 Å². The summed E-state index contributed by atoms with van der Waals surface area (Å²) in [6, 6.07) is 12.3. The van der Waals surface area contributed by atoms with Crippen molar-refractivity contribution in [2.24, 2.45) is 5.73 Å². The number of benzene rings is 2. The summed E-state index contributed by atoms with van der Waals surface area (Å²) in [6.45, 7) is 2.26. The molecule has 0 saturated carbocycles. The quantitative estimate of drug-likeness (QED) is 0.915. The third-order valence-corrected chi connectivity index (χ3v) is 3.19. The van der Waals surface area contributed by atoms with Crippen LogP contribution in [0.5, 0.6) is 5.75 Å². The zero-order valence-corrected chi connectivity index (χ0v) is 12.2. The Bertz CT molecular complexity index is 534. The van der Waals surface area contributed by atoms with E-state index >= 15 is 0 Å². The van der Waals surface area contributed by atoms with Crippen molar-refractivity contribution >= 4 is 15.9 Å². The zero-order valence-electron chi connectivity index (χ0n) is 10.6. The van der Waals surface area contributed by atoms with Crippen molar-refractivity contribution in [2.75, 3.05) is 0 Å². The molecular weight excluding hydrogens is 309 g/mol. The van der Waals surface area contributed by atoms with E-state index < -0.39 is 0 Å². The summed E-state index contributed by atoms with van der Waals surface area (Å²) in [5.74, 6) is 0.463. The predicted octanol–water partition coefficient (Wildman–Crippen LogP) is 4.19. The van der Waals surface area contributed by atoms with E-state index in [1.807, 2.05) is 37.3 Å². The van der Waals surface area contributed by atoms with Crippen LogP contribution in [-0.4, -0.2) is 0 Å². The van der Waals surface area contributed by atoms with Crippen molar-refractivity contribution in [2.45, 2.75) is 19.6 Å². The molecule has 2 N–H and O–H groups in total. The number of hydrogen-bond donors (Lipinski definition) is 1. The lowest BCUT2D eigenvalue weighted by Crippen LogP contribution is -2.04. The van der Waals surface area contributed by atoms with Crippen LogP contribution in [0.4, 0.5) is 4.39 Å². The van der Waals surface area contributed by atoms with E-state index in [1.165, 1.54) is 12.1 Å². The standard InChI is InChI=1S/C15H15BrFNO/c1-10(18)12-2-4-15(5-3-12)19-9-11-6-13(16)8-14(17)7-11/h2-8,10H,9,18H2,1H3/t10-/m1/s1. The van der Waals surface area contributed by atoms with Gasteiger partial charge >= 0.3 is 0 Å². The Kier molecular flexibility index (Phi) is 4.56. The van der Waals surface area contributed by atoms with E-state index in [-0.39, 0.29) is 11.9 Å². The maximum Gasteiger partial charge on any atom is 0.124 e. The number of ether oxygens (including phenoxy) is 1. The average molecular weight is 324 g/mol. The van der Waals surface area contributed by atoms with Crippen molar-refractivity contribution in [1.82, 2.24) is 0 Å². The highest BCUT2D eigenvalue weighted by Crippen LogP contribution is 2.19. The van der Waals surface area contributed by atoms with Crippen molar-refractivity contribution < 1.29 is 9.13 Å². The van der Waals surface area contributed by atoms with E-state index in [4.69, 9.17) is 10.5 Å². The molecule has 0 aromatic heterocycles. The van der Waals surface area contributed by atoms with Crippen molar-refractivity contribution in [3.63, 3.8) is 0 Å². The van der Waals surface area contributed by atoms with Crippen LogP contribution >= 0.6 is 15.9 Å². The van der Waals surface area contributed by atoms with Crippen LogP contribution in [0, 0.1) is 5.82 Å². The SMILES string of the molecule is C[C@@H](N)c1ccc(OCc2cc(F)cc(Br)c2)cc1. The molecule has 2 nitrogen and oxygen atoms in total. The summed E-state index contributed by atoms with van der Waals surface area (Å²) in [6.07, 6.45) is 0. The summed E-state index contributed by atoms with van der Waals surface area (Å²) >= 11 is 3.26. The highest BCUT2D eigenvalue weighted by molar-refractivity contribution is 9.10. The molecule has 0 aliphatic carbocycles. The molecule has 0 amide bonds. The minimum absolute atomic E-state index is 0.00762. The molecule has 100 valence electrons. The Labute approximate surface area is 120 Å². The Balaban J connectivity index is 2.02. The average Bonchev–Trinajstić information content (AvgIpc) is 2.36. The third-order valence-electron chi connectivity index (χ3n) is 2.73. The van der Waals surface area contributed by atoms with Crippen LogP contribution in [-0.2, 0) is 6.61 Å². The summed E-state index contributed by atoms with van der Waals surface area (Å²) < 4.78 is 19.5. The topological polar surface area (TPSA) is 35.2 Å². The summed E-state index contributed by atoms with van der Waals surface area (Å²) in [7, 11) is 0. The fourth-order valence-corrected chi connectivity index (χ4v) is 2.24. The van der Waals surface area contributed by atoms with Gasteiger partial charge < -0.3 is 10.5 Å². The van der Waals surface area contributed by atoms with Crippen LogP contribution in [0.3, 0.4) is 0 Å². The second kappa shape index (κ2) is 6.17. The van der Waals surface area contributed by atoms with Gasteiger partial charge in [-0.15, -0.1) is 0 Å². The molecule has 0 unspecified atom stereocenters. The fraction of sp³-hybridized carbons (Fsp3) is 0.200. The molecule has 0 bridgehead atoms. The fourth-order valence-electron chi connectivity index (χ4n) is 1.73. The number of rotatable bonds is 4. The molecule has 0 spiro atoms. The second-order valence-corrected chi connectivity index (χ2v) is 5.34. The molecule has 4 heteroatoms. The third kappa shape index (κ3) is 4.04. The van der Waals surface area contributed by atoms with Crippen LogP contribution in [0.25, 0.3) is 0 Å². The van der Waals surface area contributed by atoms with Gasteiger partial charge in [0.05, 0.1) is 0 Å². The van der Waals surface area contributed by atoms with E-state index in [0.717, 1.165) is 16.9 Å². The van der Waals surface area contributed by atoms with Crippen LogP contribution < -0.4 is 10.5 Å². The second-order valence-electron chi connectivity index (χ2n) is 4.42. The number of halogens is 2. The lowest BCUT2D eigenvalue weighted by molar-refractivity contribution is 0.305. The van der Waals surface area contributed by atoms with E-state index in [9.17, 15) is 4.39 Å². The molecule has 0 aliphatic heterocycles. The highest BCUT2D eigenvalue weighted by Gasteiger charge is 2.02. The molecule has 0 fully saturated rings. The van der Waals surface area contributed by atoms with Gasteiger partial charge in [0.2, 0.25) is 0 Å². The molecular formula is C15H15BrFNO. The van der Waals surface area contributed by atoms with E-state index in [2.05, 4.69) is 15.9 Å². The molecule has 0 aliphatic rings. The van der Waals surface area contributed by atoms with E-state index in [1.54, 1.807) is 0 Å². The Hall–Kier alpha value is -1.39.